The summed E-state index contributed by atoms with van der Waals surface area (Å²) >= 11 is 0. The largest absolute Gasteiger partial charge is 0.573 e. The predicted molar refractivity (Wildman–Crippen MR) is 86.7 cm³/mol. The first kappa shape index (κ1) is 19.9. The number of benzene rings is 2. The van der Waals surface area contributed by atoms with Gasteiger partial charge in [0.2, 0.25) is 10.0 Å². The SMILES string of the molecule is COc1ccc(CNS(=O)(=O)c2ccccc2OC(F)(F)F)c(OC)c1. The first-order valence-corrected chi connectivity index (χ1v) is 8.70. The first-order valence-electron chi connectivity index (χ1n) is 7.21. The second kappa shape index (κ2) is 7.83. The molecule has 0 saturated carbocycles. The molecular weight excluding hydrogens is 375 g/mol. The van der Waals surface area contributed by atoms with Gasteiger partial charge in [0, 0.05) is 18.2 Å². The molecule has 0 amide bonds. The smallest absolute Gasteiger partial charge is 0.497 e. The van der Waals surface area contributed by atoms with Crippen LogP contribution in [-0.2, 0) is 16.6 Å². The lowest BCUT2D eigenvalue weighted by atomic mass is 10.2. The summed E-state index contributed by atoms with van der Waals surface area (Å²) in [5.74, 6) is 0.0680. The van der Waals surface area contributed by atoms with Gasteiger partial charge in [0.05, 0.1) is 14.2 Å². The Bertz CT molecular complexity index is 868. The first-order chi connectivity index (χ1) is 12.2. The van der Waals surface area contributed by atoms with Gasteiger partial charge in [-0.05, 0) is 18.2 Å². The highest BCUT2D eigenvalue weighted by Crippen LogP contribution is 2.30. The number of hydrogen-bond acceptors (Lipinski definition) is 5. The minimum Gasteiger partial charge on any atom is -0.497 e. The molecule has 1 N–H and O–H groups in total. The molecule has 26 heavy (non-hydrogen) atoms. The molecule has 6 nitrogen and oxygen atoms in total. The van der Waals surface area contributed by atoms with Gasteiger partial charge in [-0.3, -0.25) is 0 Å². The fourth-order valence-corrected chi connectivity index (χ4v) is 3.26. The van der Waals surface area contributed by atoms with Gasteiger partial charge in [-0.2, -0.15) is 0 Å². The predicted octanol–water partition coefficient (Wildman–Crippen LogP) is 3.08. The normalized spacial score (nSPS) is 11.9. The van der Waals surface area contributed by atoms with Crippen molar-refractivity contribution in [2.45, 2.75) is 17.8 Å². The van der Waals surface area contributed by atoms with Crippen molar-refractivity contribution in [2.24, 2.45) is 0 Å². The zero-order valence-electron chi connectivity index (χ0n) is 13.8. The van der Waals surface area contributed by atoms with Gasteiger partial charge in [-0.25, -0.2) is 13.1 Å². The van der Waals surface area contributed by atoms with Crippen LogP contribution in [0.5, 0.6) is 17.2 Å². The molecule has 0 aromatic heterocycles. The molecule has 2 rings (SSSR count). The third kappa shape index (κ3) is 5.02. The van der Waals surface area contributed by atoms with Gasteiger partial charge < -0.3 is 14.2 Å². The number of ether oxygens (including phenoxy) is 3. The monoisotopic (exact) mass is 391 g/mol. The lowest BCUT2D eigenvalue weighted by Crippen LogP contribution is -2.25. The van der Waals surface area contributed by atoms with Crippen molar-refractivity contribution in [3.8, 4) is 17.2 Å². The number of hydrogen-bond donors (Lipinski definition) is 1. The Hall–Kier alpha value is -2.46. The summed E-state index contributed by atoms with van der Waals surface area (Å²) in [4.78, 5) is -0.621. The summed E-state index contributed by atoms with van der Waals surface area (Å²) < 4.78 is 78.4. The van der Waals surface area contributed by atoms with E-state index in [1.54, 1.807) is 18.2 Å². The molecule has 0 heterocycles. The van der Waals surface area contributed by atoms with Gasteiger partial charge >= 0.3 is 6.36 Å². The standard InChI is InChI=1S/C16H16F3NO5S/c1-23-12-8-7-11(14(9-12)24-2)10-20-26(21,22)15-6-4-3-5-13(15)25-16(17,18)19/h3-9,20H,10H2,1-2H3. The van der Waals surface area contributed by atoms with E-state index >= 15 is 0 Å². The van der Waals surface area contributed by atoms with E-state index < -0.39 is 27.0 Å². The topological polar surface area (TPSA) is 73.9 Å². The number of nitrogens with one attached hydrogen (secondary N) is 1. The van der Waals surface area contributed by atoms with Crippen LogP contribution in [0.3, 0.4) is 0 Å². The minimum absolute atomic E-state index is 0.199. The zero-order valence-corrected chi connectivity index (χ0v) is 14.6. The van der Waals surface area contributed by atoms with Crippen molar-refractivity contribution >= 4 is 10.0 Å². The van der Waals surface area contributed by atoms with Crippen LogP contribution in [0.15, 0.2) is 47.4 Å². The van der Waals surface area contributed by atoms with Crippen molar-refractivity contribution in [1.29, 1.82) is 0 Å². The van der Waals surface area contributed by atoms with Crippen LogP contribution in [-0.4, -0.2) is 29.0 Å². The average Bonchev–Trinajstić information content (AvgIpc) is 2.58. The van der Waals surface area contributed by atoms with E-state index in [0.29, 0.717) is 17.1 Å². The maximum absolute atomic E-state index is 12.5. The Morgan fingerprint density at radius 1 is 1.00 bits per heavy atom. The molecular formula is C16H16F3NO5S. The maximum Gasteiger partial charge on any atom is 0.573 e. The van der Waals surface area contributed by atoms with E-state index in [9.17, 15) is 21.6 Å². The third-order valence-electron chi connectivity index (χ3n) is 3.31. The molecule has 0 unspecified atom stereocenters. The lowest BCUT2D eigenvalue weighted by Gasteiger charge is -2.15. The van der Waals surface area contributed by atoms with E-state index in [1.165, 1.54) is 26.4 Å². The molecule has 0 radical (unpaired) electrons. The molecule has 0 aliphatic carbocycles. The van der Waals surface area contributed by atoms with Crippen molar-refractivity contribution in [3.05, 3.63) is 48.0 Å². The van der Waals surface area contributed by atoms with Crippen molar-refractivity contribution in [3.63, 3.8) is 0 Å². The van der Waals surface area contributed by atoms with Crippen LogP contribution < -0.4 is 18.9 Å². The fourth-order valence-electron chi connectivity index (χ4n) is 2.13. The summed E-state index contributed by atoms with van der Waals surface area (Å²) in [6, 6.07) is 9.23. The van der Waals surface area contributed by atoms with Crippen LogP contribution in [0.4, 0.5) is 13.2 Å². The van der Waals surface area contributed by atoms with E-state index in [1.807, 2.05) is 0 Å². The summed E-state index contributed by atoms with van der Waals surface area (Å²) in [7, 11) is -1.39. The van der Waals surface area contributed by atoms with Gasteiger partial charge in [0.25, 0.3) is 0 Å². The van der Waals surface area contributed by atoms with E-state index in [0.717, 1.165) is 12.1 Å². The number of rotatable bonds is 7. The molecule has 0 aliphatic rings. The van der Waals surface area contributed by atoms with Crippen LogP contribution >= 0.6 is 0 Å². The number of methoxy groups -OCH3 is 2. The lowest BCUT2D eigenvalue weighted by molar-refractivity contribution is -0.275. The Labute approximate surface area is 148 Å². The van der Waals surface area contributed by atoms with Crippen LogP contribution in [0.1, 0.15) is 5.56 Å². The van der Waals surface area contributed by atoms with E-state index in [4.69, 9.17) is 9.47 Å². The van der Waals surface area contributed by atoms with E-state index in [2.05, 4.69) is 9.46 Å². The maximum atomic E-state index is 12.5. The van der Waals surface area contributed by atoms with Crippen LogP contribution in [0, 0.1) is 0 Å². The second-order valence-corrected chi connectivity index (χ2v) is 6.73. The molecule has 2 aromatic carbocycles. The highest BCUT2D eigenvalue weighted by molar-refractivity contribution is 7.89. The molecule has 0 atom stereocenters. The zero-order chi connectivity index (χ0) is 19.4. The number of para-hydroxylation sites is 1. The van der Waals surface area contributed by atoms with Gasteiger partial charge in [-0.15, -0.1) is 13.2 Å². The minimum atomic E-state index is -5.01. The van der Waals surface area contributed by atoms with Gasteiger partial charge in [0.1, 0.15) is 22.1 Å². The highest BCUT2D eigenvalue weighted by Gasteiger charge is 2.34. The van der Waals surface area contributed by atoms with Crippen molar-refractivity contribution in [1.82, 2.24) is 4.72 Å². The number of sulfonamides is 1. The summed E-state index contributed by atoms with van der Waals surface area (Å²) in [5.41, 5.74) is 0.478. The Kier molecular flexibility index (Phi) is 5.98. The average molecular weight is 391 g/mol. The quantitative estimate of drug-likeness (QED) is 0.785. The molecule has 0 saturated heterocycles. The van der Waals surface area contributed by atoms with Crippen LogP contribution in [0.2, 0.25) is 0 Å². The highest BCUT2D eigenvalue weighted by atomic mass is 32.2. The van der Waals surface area contributed by atoms with Crippen molar-refractivity contribution in [2.75, 3.05) is 14.2 Å². The van der Waals surface area contributed by atoms with Gasteiger partial charge in [0.15, 0.2) is 0 Å². The van der Waals surface area contributed by atoms with Crippen molar-refractivity contribution < 1.29 is 35.8 Å². The second-order valence-electron chi connectivity index (χ2n) is 5.00. The Morgan fingerprint density at radius 2 is 1.69 bits per heavy atom. The molecule has 0 bridgehead atoms. The molecule has 0 fully saturated rings. The molecule has 2 aromatic rings. The summed E-state index contributed by atoms with van der Waals surface area (Å²) in [6.07, 6.45) is -5.01. The molecule has 10 heteroatoms. The van der Waals surface area contributed by atoms with Gasteiger partial charge in [-0.1, -0.05) is 18.2 Å². The number of halogens is 3. The number of alkyl halides is 3. The Morgan fingerprint density at radius 3 is 2.31 bits per heavy atom. The molecule has 0 spiro atoms. The van der Waals surface area contributed by atoms with Crippen LogP contribution in [0.25, 0.3) is 0 Å². The molecule has 142 valence electrons. The fraction of sp³-hybridized carbons (Fsp3) is 0.250. The summed E-state index contributed by atoms with van der Waals surface area (Å²) in [6.45, 7) is -0.199. The molecule has 0 aliphatic heterocycles. The summed E-state index contributed by atoms with van der Waals surface area (Å²) in [5, 5.41) is 0. The van der Waals surface area contributed by atoms with E-state index in [-0.39, 0.29) is 6.54 Å². The third-order valence-corrected chi connectivity index (χ3v) is 4.75. The Balaban J connectivity index is 2.25.